The van der Waals surface area contributed by atoms with Gasteiger partial charge < -0.3 is 5.11 Å². The molecule has 1 heteroatoms. The molecule has 2 aliphatic rings. The van der Waals surface area contributed by atoms with E-state index in [1.165, 1.54) is 19.3 Å². The second kappa shape index (κ2) is 3.73. The van der Waals surface area contributed by atoms with Gasteiger partial charge in [0.2, 0.25) is 0 Å². The van der Waals surface area contributed by atoms with Gasteiger partial charge in [-0.25, -0.2) is 0 Å². The molecule has 0 aromatic heterocycles. The van der Waals surface area contributed by atoms with Crippen LogP contribution in [-0.2, 0) is 0 Å². The van der Waals surface area contributed by atoms with Gasteiger partial charge in [0.05, 0.1) is 6.10 Å². The minimum atomic E-state index is -0.197. The SMILES string of the molecule is CC(O)C(C)(C)CCC1CC2CC2(C)C1(C)C. The van der Waals surface area contributed by atoms with E-state index < -0.39 is 0 Å². The molecule has 0 spiro atoms. The lowest BCUT2D eigenvalue weighted by molar-refractivity contribution is 0.0442. The highest BCUT2D eigenvalue weighted by Gasteiger charge is 2.66. The first-order chi connectivity index (χ1) is 7.61. The lowest BCUT2D eigenvalue weighted by Gasteiger charge is -2.38. The summed E-state index contributed by atoms with van der Waals surface area (Å²) in [6.07, 6.45) is 5.13. The highest BCUT2D eigenvalue weighted by atomic mass is 16.3. The Balaban J connectivity index is 1.94. The van der Waals surface area contributed by atoms with Gasteiger partial charge in [0.15, 0.2) is 0 Å². The van der Waals surface area contributed by atoms with E-state index in [-0.39, 0.29) is 11.5 Å². The molecular weight excluding hydrogens is 208 g/mol. The second-order valence-corrected chi connectivity index (χ2v) is 8.18. The maximum atomic E-state index is 9.80. The summed E-state index contributed by atoms with van der Waals surface area (Å²) in [6.45, 7) is 13.8. The van der Waals surface area contributed by atoms with Crippen LogP contribution in [0.1, 0.15) is 67.2 Å². The van der Waals surface area contributed by atoms with Crippen LogP contribution < -0.4 is 0 Å². The van der Waals surface area contributed by atoms with Crippen molar-refractivity contribution in [1.29, 1.82) is 0 Å². The van der Waals surface area contributed by atoms with Crippen molar-refractivity contribution in [2.75, 3.05) is 0 Å². The molecule has 2 saturated carbocycles. The van der Waals surface area contributed by atoms with Gasteiger partial charge in [-0.1, -0.05) is 34.6 Å². The number of aliphatic hydroxyl groups excluding tert-OH is 1. The number of rotatable bonds is 4. The predicted octanol–water partition coefficient (Wildman–Crippen LogP) is 4.25. The molecule has 0 amide bonds. The summed E-state index contributed by atoms with van der Waals surface area (Å²) < 4.78 is 0. The fraction of sp³-hybridized carbons (Fsp3) is 1.00. The van der Waals surface area contributed by atoms with Crippen molar-refractivity contribution in [2.45, 2.75) is 73.3 Å². The minimum absolute atomic E-state index is 0.0732. The van der Waals surface area contributed by atoms with Crippen LogP contribution in [0.25, 0.3) is 0 Å². The molecule has 2 fully saturated rings. The number of hydrogen-bond acceptors (Lipinski definition) is 1. The van der Waals surface area contributed by atoms with Gasteiger partial charge in [-0.3, -0.25) is 0 Å². The van der Waals surface area contributed by atoms with Gasteiger partial charge in [0.25, 0.3) is 0 Å². The van der Waals surface area contributed by atoms with Crippen molar-refractivity contribution in [3.63, 3.8) is 0 Å². The predicted molar refractivity (Wildman–Crippen MR) is 72.8 cm³/mol. The lowest BCUT2D eigenvalue weighted by Crippen LogP contribution is -2.31. The van der Waals surface area contributed by atoms with Crippen LogP contribution in [0.2, 0.25) is 0 Å². The minimum Gasteiger partial charge on any atom is -0.393 e. The van der Waals surface area contributed by atoms with E-state index in [9.17, 15) is 5.11 Å². The van der Waals surface area contributed by atoms with Crippen LogP contribution in [0.15, 0.2) is 0 Å². The standard InChI is InChI=1S/C16H30O/c1-11(17)14(2,3)8-7-12-9-13-10-16(13,6)15(12,4)5/h11-13,17H,7-10H2,1-6H3. The maximum absolute atomic E-state index is 9.80. The molecule has 1 N–H and O–H groups in total. The Kier molecular flexibility index (Phi) is 2.94. The van der Waals surface area contributed by atoms with Crippen molar-refractivity contribution in [1.82, 2.24) is 0 Å². The van der Waals surface area contributed by atoms with Gasteiger partial charge in [-0.05, 0) is 60.7 Å². The molecule has 0 radical (unpaired) electrons. The van der Waals surface area contributed by atoms with Crippen molar-refractivity contribution < 1.29 is 5.11 Å². The van der Waals surface area contributed by atoms with Gasteiger partial charge >= 0.3 is 0 Å². The van der Waals surface area contributed by atoms with Crippen LogP contribution in [-0.4, -0.2) is 11.2 Å². The summed E-state index contributed by atoms with van der Waals surface area (Å²) in [5.74, 6) is 1.86. The second-order valence-electron chi connectivity index (χ2n) is 8.18. The zero-order valence-electron chi connectivity index (χ0n) is 12.5. The molecule has 0 bridgehead atoms. The zero-order chi connectivity index (χ0) is 13.1. The first-order valence-corrected chi connectivity index (χ1v) is 7.29. The van der Waals surface area contributed by atoms with Gasteiger partial charge in [0.1, 0.15) is 0 Å². The average molecular weight is 238 g/mol. The highest BCUT2D eigenvalue weighted by Crippen LogP contribution is 2.74. The fourth-order valence-electron chi connectivity index (χ4n) is 3.92. The van der Waals surface area contributed by atoms with E-state index in [0.717, 1.165) is 18.3 Å². The molecular formula is C16H30O. The Morgan fingerprint density at radius 1 is 1.29 bits per heavy atom. The van der Waals surface area contributed by atoms with E-state index in [0.29, 0.717) is 10.8 Å². The fourth-order valence-corrected chi connectivity index (χ4v) is 3.92. The van der Waals surface area contributed by atoms with Gasteiger partial charge in [0, 0.05) is 0 Å². The summed E-state index contributed by atoms with van der Waals surface area (Å²) in [5.41, 5.74) is 1.21. The number of fused-ring (bicyclic) bond motifs is 1. The lowest BCUT2D eigenvalue weighted by atomic mass is 9.68. The number of aliphatic hydroxyl groups is 1. The number of hydrogen-bond donors (Lipinski definition) is 1. The van der Waals surface area contributed by atoms with E-state index in [2.05, 4.69) is 34.6 Å². The first-order valence-electron chi connectivity index (χ1n) is 7.29. The van der Waals surface area contributed by atoms with Crippen molar-refractivity contribution in [3.05, 3.63) is 0 Å². The molecule has 4 unspecified atom stereocenters. The largest absolute Gasteiger partial charge is 0.393 e. The van der Waals surface area contributed by atoms with Crippen molar-refractivity contribution in [2.24, 2.45) is 28.1 Å². The quantitative estimate of drug-likeness (QED) is 0.776. The highest BCUT2D eigenvalue weighted by molar-refractivity contribution is 5.15. The molecule has 2 aliphatic carbocycles. The van der Waals surface area contributed by atoms with Gasteiger partial charge in [-0.2, -0.15) is 0 Å². The van der Waals surface area contributed by atoms with Crippen LogP contribution in [0.4, 0.5) is 0 Å². The summed E-state index contributed by atoms with van der Waals surface area (Å²) in [5, 5.41) is 9.80. The Morgan fingerprint density at radius 2 is 1.88 bits per heavy atom. The summed E-state index contributed by atoms with van der Waals surface area (Å²) in [6, 6.07) is 0. The van der Waals surface area contributed by atoms with Crippen molar-refractivity contribution in [3.8, 4) is 0 Å². The third-order valence-corrected chi connectivity index (χ3v) is 6.74. The Hall–Kier alpha value is -0.0400. The summed E-state index contributed by atoms with van der Waals surface area (Å²) in [7, 11) is 0. The third-order valence-electron chi connectivity index (χ3n) is 6.74. The molecule has 1 nitrogen and oxygen atoms in total. The van der Waals surface area contributed by atoms with Crippen LogP contribution in [0.5, 0.6) is 0 Å². The Bertz CT molecular complexity index is 303. The Morgan fingerprint density at radius 3 is 2.29 bits per heavy atom. The van der Waals surface area contributed by atoms with Crippen LogP contribution in [0, 0.1) is 28.1 Å². The molecule has 2 rings (SSSR count). The van der Waals surface area contributed by atoms with Crippen LogP contribution >= 0.6 is 0 Å². The molecule has 4 atom stereocenters. The van der Waals surface area contributed by atoms with Crippen molar-refractivity contribution >= 4 is 0 Å². The van der Waals surface area contributed by atoms with E-state index >= 15 is 0 Å². The Labute approximate surface area is 107 Å². The normalized spacial score (nSPS) is 41.1. The smallest absolute Gasteiger partial charge is 0.0563 e. The van der Waals surface area contributed by atoms with E-state index in [4.69, 9.17) is 0 Å². The summed E-state index contributed by atoms with van der Waals surface area (Å²) in [4.78, 5) is 0. The molecule has 0 aliphatic heterocycles. The van der Waals surface area contributed by atoms with E-state index in [1.54, 1.807) is 0 Å². The first kappa shape index (κ1) is 13.4. The molecule has 0 heterocycles. The summed E-state index contributed by atoms with van der Waals surface area (Å²) >= 11 is 0. The van der Waals surface area contributed by atoms with E-state index in [1.807, 2.05) is 6.92 Å². The van der Waals surface area contributed by atoms with Gasteiger partial charge in [-0.15, -0.1) is 0 Å². The van der Waals surface area contributed by atoms with Crippen LogP contribution in [0.3, 0.4) is 0 Å². The maximum Gasteiger partial charge on any atom is 0.0563 e. The molecule has 100 valence electrons. The molecule has 0 aromatic rings. The molecule has 0 saturated heterocycles. The molecule has 17 heavy (non-hydrogen) atoms. The molecule has 0 aromatic carbocycles. The monoisotopic (exact) mass is 238 g/mol. The third kappa shape index (κ3) is 1.95. The average Bonchev–Trinajstić information content (AvgIpc) is 2.80. The topological polar surface area (TPSA) is 20.2 Å². The zero-order valence-corrected chi connectivity index (χ0v) is 12.5.